The highest BCUT2D eigenvalue weighted by atomic mass is 35.5. The van der Waals surface area contributed by atoms with Gasteiger partial charge in [-0.2, -0.15) is 0 Å². The minimum absolute atomic E-state index is 0.178. The summed E-state index contributed by atoms with van der Waals surface area (Å²) in [6.45, 7) is 3.67. The number of esters is 2. The van der Waals surface area contributed by atoms with E-state index >= 15 is 0 Å². The average molecular weight is 569 g/mol. The zero-order valence-corrected chi connectivity index (χ0v) is 22.7. The highest BCUT2D eigenvalue weighted by Gasteiger charge is 2.19. The summed E-state index contributed by atoms with van der Waals surface area (Å²) in [6.07, 6.45) is 0. The van der Waals surface area contributed by atoms with Gasteiger partial charge in [-0.25, -0.2) is 9.59 Å². The van der Waals surface area contributed by atoms with Gasteiger partial charge in [0.15, 0.2) is 0 Å². The second-order valence-electron chi connectivity index (χ2n) is 6.14. The molecule has 0 fully saturated rings. The lowest BCUT2D eigenvalue weighted by atomic mass is 10.3. The Labute approximate surface area is 223 Å². The number of Topliss-reactive ketones (excluding diaryl/α,β-unsaturated/α-hetero) is 1. The Balaban J connectivity index is 0.000000204. The van der Waals surface area contributed by atoms with Crippen molar-refractivity contribution in [2.75, 3.05) is 13.2 Å². The summed E-state index contributed by atoms with van der Waals surface area (Å²) in [7, 11) is 0. The van der Waals surface area contributed by atoms with Crippen molar-refractivity contribution in [1.29, 1.82) is 0 Å². The smallest absolute Gasteiger partial charge is 0.391 e. The van der Waals surface area contributed by atoms with E-state index in [0.29, 0.717) is 4.88 Å². The Morgan fingerprint density at radius 2 is 1.14 bits per heavy atom. The van der Waals surface area contributed by atoms with Crippen LogP contribution in [0.3, 0.4) is 0 Å². The third-order valence-electron chi connectivity index (χ3n) is 3.78. The van der Waals surface area contributed by atoms with Crippen LogP contribution in [0, 0.1) is 0 Å². The van der Waals surface area contributed by atoms with Crippen molar-refractivity contribution in [3.8, 4) is 19.5 Å². The summed E-state index contributed by atoms with van der Waals surface area (Å²) in [5.41, 5.74) is 0. The first kappa shape index (κ1) is 28.6. The molecular weight excluding hydrogens is 548 g/mol. The summed E-state index contributed by atoms with van der Waals surface area (Å²) < 4.78 is 8.86. The van der Waals surface area contributed by atoms with E-state index in [2.05, 4.69) is 44.5 Å². The first-order chi connectivity index (χ1) is 16.9. The van der Waals surface area contributed by atoms with Crippen molar-refractivity contribution in [3.63, 3.8) is 0 Å². The Morgan fingerprint density at radius 1 is 0.686 bits per heavy atom. The molecule has 0 unspecified atom stereocenters. The fourth-order valence-corrected chi connectivity index (χ4v) is 5.74. The van der Waals surface area contributed by atoms with Crippen molar-refractivity contribution < 1.29 is 28.7 Å². The third-order valence-corrected chi connectivity index (χ3v) is 8.02. The Kier molecular flexibility index (Phi) is 12.6. The molecule has 184 valence electrons. The molecule has 0 spiro atoms. The lowest BCUT2D eigenvalue weighted by Crippen LogP contribution is -2.16. The van der Waals surface area contributed by atoms with E-state index in [1.807, 2.05) is 23.6 Å². The molecule has 0 saturated heterocycles. The molecule has 0 radical (unpaired) electrons. The molecule has 0 saturated carbocycles. The van der Waals surface area contributed by atoms with E-state index < -0.39 is 23.0 Å². The first-order valence-corrected chi connectivity index (χ1v) is 14.0. The van der Waals surface area contributed by atoms with Crippen LogP contribution >= 0.6 is 56.9 Å². The van der Waals surface area contributed by atoms with E-state index in [-0.39, 0.29) is 13.2 Å². The van der Waals surface area contributed by atoms with E-state index in [1.54, 1.807) is 53.9 Å². The van der Waals surface area contributed by atoms with Crippen LogP contribution in [-0.4, -0.2) is 36.2 Å². The number of rotatable bonds is 7. The molecule has 4 heterocycles. The van der Waals surface area contributed by atoms with Crippen LogP contribution in [-0.2, 0) is 23.9 Å². The summed E-state index contributed by atoms with van der Waals surface area (Å²) >= 11 is 11.2. The molecule has 0 aliphatic heterocycles. The molecule has 4 aromatic rings. The van der Waals surface area contributed by atoms with E-state index in [0.717, 1.165) is 9.75 Å². The molecule has 0 aromatic carbocycles. The number of hydrogen-bond acceptors (Lipinski definition) is 10. The lowest BCUT2D eigenvalue weighted by molar-refractivity contribution is -0.149. The van der Waals surface area contributed by atoms with Gasteiger partial charge in [0.2, 0.25) is 0 Å². The van der Waals surface area contributed by atoms with Crippen LogP contribution in [0.15, 0.2) is 64.7 Å². The molecule has 6 nitrogen and oxygen atoms in total. The second kappa shape index (κ2) is 15.4. The van der Waals surface area contributed by atoms with E-state index in [1.165, 1.54) is 21.1 Å². The van der Waals surface area contributed by atoms with Gasteiger partial charge < -0.3 is 9.47 Å². The molecule has 0 atom stereocenters. The molecule has 0 aliphatic carbocycles. The molecule has 4 rings (SSSR count). The molecule has 11 heteroatoms. The SMILES string of the molecule is CCOC(=O)C(=O)Cl.CCOC(=O)C(=O)c1ccc(-c2cccs2)s1.c1csc(-c2cccs2)c1. The van der Waals surface area contributed by atoms with Gasteiger partial charge in [0.05, 0.1) is 18.1 Å². The van der Waals surface area contributed by atoms with Crippen molar-refractivity contribution in [3.05, 3.63) is 69.5 Å². The standard InChI is InChI=1S/C12H10O3S2.C8H6S2.C4H5ClO3/c1-2-15-12(14)11(13)10-6-5-9(17-10)8-4-3-7-16-8;1-3-7(9-5-1)8-4-2-6-10-8;1-2-8-4(7)3(5)6/h3-7H,2H2,1H3;1-6H;2H2,1H3. The van der Waals surface area contributed by atoms with Crippen molar-refractivity contribution in [1.82, 2.24) is 0 Å². The number of halogens is 1. The third kappa shape index (κ3) is 9.50. The second-order valence-corrected chi connectivity index (χ2v) is 10.4. The fourth-order valence-electron chi connectivity index (χ4n) is 2.33. The highest BCUT2D eigenvalue weighted by molar-refractivity contribution is 7.22. The summed E-state index contributed by atoms with van der Waals surface area (Å²) in [5, 5.41) is 5.11. The first-order valence-electron chi connectivity index (χ1n) is 10.2. The van der Waals surface area contributed by atoms with Crippen molar-refractivity contribution >= 4 is 79.9 Å². The van der Waals surface area contributed by atoms with Gasteiger partial charge in [-0.3, -0.25) is 9.59 Å². The maximum absolute atomic E-state index is 11.7. The average Bonchev–Trinajstić information content (AvgIpc) is 3.67. The van der Waals surface area contributed by atoms with Crippen LogP contribution in [0.25, 0.3) is 19.5 Å². The van der Waals surface area contributed by atoms with E-state index in [9.17, 15) is 19.2 Å². The summed E-state index contributed by atoms with van der Waals surface area (Å²) in [4.78, 5) is 48.0. The monoisotopic (exact) mass is 568 g/mol. The summed E-state index contributed by atoms with van der Waals surface area (Å²) in [6, 6.07) is 15.9. The number of thiophene rings is 4. The maximum atomic E-state index is 11.7. The largest absolute Gasteiger partial charge is 0.460 e. The Hall–Kier alpha value is -2.63. The molecule has 0 amide bonds. The Morgan fingerprint density at radius 3 is 1.51 bits per heavy atom. The normalized spacial score (nSPS) is 9.69. The molecule has 0 aliphatic rings. The zero-order chi connectivity index (χ0) is 25.6. The minimum Gasteiger partial charge on any atom is -0.460 e. The minimum atomic E-state index is -1.08. The van der Waals surface area contributed by atoms with Gasteiger partial charge in [-0.1, -0.05) is 18.2 Å². The number of carbonyl (C=O) groups is 4. The van der Waals surface area contributed by atoms with Gasteiger partial charge >= 0.3 is 17.2 Å². The van der Waals surface area contributed by atoms with E-state index in [4.69, 9.17) is 11.6 Å². The molecule has 0 bridgehead atoms. The summed E-state index contributed by atoms with van der Waals surface area (Å²) in [5.74, 6) is -2.35. The van der Waals surface area contributed by atoms with Gasteiger partial charge in [-0.15, -0.1) is 45.3 Å². The highest BCUT2D eigenvalue weighted by Crippen LogP contribution is 2.31. The maximum Gasteiger partial charge on any atom is 0.391 e. The van der Waals surface area contributed by atoms with Gasteiger partial charge in [0, 0.05) is 19.5 Å². The van der Waals surface area contributed by atoms with Crippen LogP contribution in [0.5, 0.6) is 0 Å². The molecule has 0 N–H and O–H groups in total. The van der Waals surface area contributed by atoms with Crippen LogP contribution in [0.4, 0.5) is 0 Å². The van der Waals surface area contributed by atoms with Gasteiger partial charge in [0.25, 0.3) is 5.78 Å². The zero-order valence-electron chi connectivity index (χ0n) is 18.7. The quantitative estimate of drug-likeness (QED) is 0.103. The predicted octanol–water partition coefficient (Wildman–Crippen LogP) is 7.01. The molecule has 35 heavy (non-hydrogen) atoms. The lowest BCUT2D eigenvalue weighted by Gasteiger charge is -1.97. The van der Waals surface area contributed by atoms with Crippen molar-refractivity contribution in [2.45, 2.75) is 13.8 Å². The molecule has 4 aromatic heterocycles. The van der Waals surface area contributed by atoms with Gasteiger partial charge in [-0.05, 0) is 71.9 Å². The predicted molar refractivity (Wildman–Crippen MR) is 144 cm³/mol. The fraction of sp³-hybridized carbons (Fsp3) is 0.167. The topological polar surface area (TPSA) is 86.7 Å². The number of carbonyl (C=O) groups excluding carboxylic acids is 4. The number of ketones is 1. The number of hydrogen-bond donors (Lipinski definition) is 0. The van der Waals surface area contributed by atoms with Crippen LogP contribution in [0.2, 0.25) is 0 Å². The molecular formula is C24H21ClO6S4. The number of ether oxygens (including phenoxy) is 2. The van der Waals surface area contributed by atoms with Crippen molar-refractivity contribution in [2.24, 2.45) is 0 Å². The Bertz CT molecular complexity index is 1160. The van der Waals surface area contributed by atoms with Gasteiger partial charge in [0.1, 0.15) is 0 Å². The van der Waals surface area contributed by atoms with Crippen LogP contribution in [0.1, 0.15) is 23.5 Å². The van der Waals surface area contributed by atoms with Crippen LogP contribution < -0.4 is 0 Å².